The molecule has 0 spiro atoms. The third kappa shape index (κ3) is 11.4. The second kappa shape index (κ2) is 19.8. The molecule has 0 aliphatic carbocycles. The molecule has 55 heavy (non-hydrogen) atoms. The van der Waals surface area contributed by atoms with Crippen LogP contribution in [0.15, 0.2) is 0 Å². The maximum atomic E-state index is 14.3. The van der Waals surface area contributed by atoms with Gasteiger partial charge in [0.15, 0.2) is 12.6 Å². The van der Waals surface area contributed by atoms with Crippen molar-refractivity contribution in [2.24, 2.45) is 17.8 Å². The largest absolute Gasteiger partial charge is 0.459 e. The molecular formula is C41H78N2O12. The predicted octanol–water partition coefficient (Wildman–Crippen LogP) is 3.07. The first-order chi connectivity index (χ1) is 25.4. The highest BCUT2D eigenvalue weighted by atomic mass is 16.7. The monoisotopic (exact) mass is 791 g/mol. The van der Waals surface area contributed by atoms with Gasteiger partial charge in [0.1, 0.15) is 30.0 Å². The van der Waals surface area contributed by atoms with E-state index in [2.05, 4.69) is 11.8 Å². The molecule has 0 bridgehead atoms. The lowest BCUT2D eigenvalue weighted by Crippen LogP contribution is -2.60. The van der Waals surface area contributed by atoms with Crippen molar-refractivity contribution < 1.29 is 58.7 Å². The maximum absolute atomic E-state index is 14.3. The van der Waals surface area contributed by atoms with Crippen LogP contribution in [0.4, 0.5) is 0 Å². The number of rotatable bonds is 10. The van der Waals surface area contributed by atoms with Crippen LogP contribution >= 0.6 is 0 Å². The fourth-order valence-corrected chi connectivity index (χ4v) is 9.23. The number of likely N-dealkylation sites (N-methyl/N-ethyl adjacent to an activating group) is 2. The van der Waals surface area contributed by atoms with Crippen LogP contribution in [0.1, 0.15) is 115 Å². The first-order valence-corrected chi connectivity index (χ1v) is 20.7. The van der Waals surface area contributed by atoms with Crippen molar-refractivity contribution in [2.45, 2.75) is 205 Å². The number of unbranched alkanes of at least 4 members (excludes halogenated alkanes) is 1. The van der Waals surface area contributed by atoms with Gasteiger partial charge in [0.2, 0.25) is 0 Å². The van der Waals surface area contributed by atoms with E-state index < -0.39 is 96.0 Å². The summed E-state index contributed by atoms with van der Waals surface area (Å²) in [5.41, 5.74) is -4.38. The van der Waals surface area contributed by atoms with Crippen LogP contribution < -0.4 is 0 Å². The van der Waals surface area contributed by atoms with Gasteiger partial charge in [-0.1, -0.05) is 34.1 Å². The Morgan fingerprint density at radius 3 is 2.16 bits per heavy atom. The quantitative estimate of drug-likeness (QED) is 0.204. The Kier molecular flexibility index (Phi) is 17.4. The number of ether oxygens (including phenoxy) is 6. The van der Waals surface area contributed by atoms with Gasteiger partial charge >= 0.3 is 5.97 Å². The SMILES string of the molecule is CCCCN(C)[C@H]1C[C@@H](C)O[C@@H](O[C@@H]2[C@@H](C)[C@H](O[C@H]3C[C@@](C)(OC)[C@@H](O)[C@H](C)O3)[C@@H](C)C(=O)O[C@H](CC)[C@@](C)(O)[C@H](O)[C@@H](C)N(C)C[C@H](C)C[C@@]2(C)O)[C@@H]1O. The van der Waals surface area contributed by atoms with E-state index in [0.29, 0.717) is 13.0 Å². The van der Waals surface area contributed by atoms with Gasteiger partial charge in [-0.05, 0) is 101 Å². The maximum Gasteiger partial charge on any atom is 0.311 e. The summed E-state index contributed by atoms with van der Waals surface area (Å²) in [6.45, 7) is 21.1. The fraction of sp³-hybridized carbons (Fsp3) is 0.976. The van der Waals surface area contributed by atoms with Crippen molar-refractivity contribution in [2.75, 3.05) is 34.3 Å². The third-order valence-electron chi connectivity index (χ3n) is 13.0. The standard InChI is InChI=1S/C41H78N2O12/c1-15-17-18-42(12)29-19-24(4)51-38(32(29)44)55-36-25(5)33(54-31-21-40(10,50-14)35(46)28(8)52-31)26(6)37(47)53-30(16-2)41(11,49)34(45)27(7)43(13)22-23(3)20-39(36,9)48/h23-36,38,44-46,48-49H,15-22H2,1-14H3/t23-,24-,25+,26-,27-,28+,29+,30-,31+,32-,33+,34-,35+,36-,38+,39-,40-,41-/m1/s1. The van der Waals surface area contributed by atoms with E-state index in [4.69, 9.17) is 28.4 Å². The first-order valence-electron chi connectivity index (χ1n) is 20.7. The van der Waals surface area contributed by atoms with Gasteiger partial charge in [0.05, 0.1) is 41.5 Å². The predicted molar refractivity (Wildman–Crippen MR) is 208 cm³/mol. The van der Waals surface area contributed by atoms with Crippen LogP contribution in [0.3, 0.4) is 0 Å². The molecule has 3 aliphatic rings. The third-order valence-corrected chi connectivity index (χ3v) is 13.0. The first kappa shape index (κ1) is 48.4. The van der Waals surface area contributed by atoms with Gasteiger partial charge in [-0.3, -0.25) is 4.79 Å². The number of carbonyl (C=O) groups excluding carboxylic acids is 1. The molecule has 0 unspecified atom stereocenters. The average molecular weight is 791 g/mol. The lowest BCUT2D eigenvalue weighted by molar-refractivity contribution is -0.318. The minimum atomic E-state index is -1.80. The van der Waals surface area contributed by atoms with E-state index in [9.17, 15) is 30.3 Å². The molecule has 0 radical (unpaired) electrons. The van der Waals surface area contributed by atoms with Crippen molar-refractivity contribution in [3.8, 4) is 0 Å². The van der Waals surface area contributed by atoms with Crippen molar-refractivity contribution in [3.63, 3.8) is 0 Å². The Morgan fingerprint density at radius 1 is 0.945 bits per heavy atom. The summed E-state index contributed by atoms with van der Waals surface area (Å²) in [6.07, 6.45) is -6.18. The van der Waals surface area contributed by atoms with Crippen LogP contribution in [-0.2, 0) is 33.2 Å². The zero-order valence-electron chi connectivity index (χ0n) is 36.3. The zero-order chi connectivity index (χ0) is 41.8. The highest BCUT2D eigenvalue weighted by molar-refractivity contribution is 5.73. The number of esters is 1. The highest BCUT2D eigenvalue weighted by Crippen LogP contribution is 2.40. The number of methoxy groups -OCH3 is 1. The minimum absolute atomic E-state index is 0.134. The molecule has 18 atom stereocenters. The molecule has 0 saturated carbocycles. The fourth-order valence-electron chi connectivity index (χ4n) is 9.23. The van der Waals surface area contributed by atoms with E-state index in [1.54, 1.807) is 34.6 Å². The molecule has 0 aromatic heterocycles. The zero-order valence-corrected chi connectivity index (χ0v) is 36.3. The van der Waals surface area contributed by atoms with E-state index in [1.807, 2.05) is 46.7 Å². The van der Waals surface area contributed by atoms with E-state index in [1.165, 1.54) is 14.0 Å². The number of aliphatic hydroxyl groups is 5. The number of nitrogens with zero attached hydrogens (tertiary/aromatic N) is 2. The van der Waals surface area contributed by atoms with Gasteiger partial charge < -0.3 is 63.8 Å². The number of aliphatic hydroxyl groups excluding tert-OH is 3. The van der Waals surface area contributed by atoms with Gasteiger partial charge in [0, 0.05) is 38.1 Å². The van der Waals surface area contributed by atoms with Gasteiger partial charge in [-0.2, -0.15) is 0 Å². The molecule has 3 heterocycles. The number of hydrogen-bond donors (Lipinski definition) is 5. The van der Waals surface area contributed by atoms with Gasteiger partial charge in [-0.25, -0.2) is 0 Å². The normalized spacial score (nSPS) is 47.6. The summed E-state index contributed by atoms with van der Waals surface area (Å²) >= 11 is 0. The van der Waals surface area contributed by atoms with Crippen LogP contribution in [-0.4, -0.2) is 166 Å². The highest BCUT2D eigenvalue weighted by Gasteiger charge is 2.52. The topological polar surface area (TPSA) is 180 Å². The summed E-state index contributed by atoms with van der Waals surface area (Å²) < 4.78 is 37.9. The Morgan fingerprint density at radius 2 is 1.58 bits per heavy atom. The van der Waals surface area contributed by atoms with E-state index in [-0.39, 0.29) is 37.3 Å². The van der Waals surface area contributed by atoms with Crippen molar-refractivity contribution in [1.29, 1.82) is 0 Å². The second-order valence-electron chi connectivity index (χ2n) is 18.0. The summed E-state index contributed by atoms with van der Waals surface area (Å²) in [6, 6.07) is -0.789. The van der Waals surface area contributed by atoms with Crippen LogP contribution in [0.25, 0.3) is 0 Å². The van der Waals surface area contributed by atoms with Crippen molar-refractivity contribution in [3.05, 3.63) is 0 Å². The Hall–Kier alpha value is -1.01. The van der Waals surface area contributed by atoms with Crippen molar-refractivity contribution >= 4 is 5.97 Å². The molecule has 3 saturated heterocycles. The summed E-state index contributed by atoms with van der Waals surface area (Å²) in [5.74, 6) is -2.58. The molecule has 0 aromatic carbocycles. The molecule has 324 valence electrons. The number of cyclic esters (lactones) is 1. The molecule has 5 N–H and O–H groups in total. The number of carbonyl (C=O) groups is 1. The van der Waals surface area contributed by atoms with Crippen LogP contribution in [0.2, 0.25) is 0 Å². The summed E-state index contributed by atoms with van der Waals surface area (Å²) in [4.78, 5) is 18.4. The molecule has 3 aliphatic heterocycles. The molecule has 3 rings (SSSR count). The molecule has 14 nitrogen and oxygen atoms in total. The van der Waals surface area contributed by atoms with Crippen LogP contribution in [0.5, 0.6) is 0 Å². The van der Waals surface area contributed by atoms with Crippen LogP contribution in [0, 0.1) is 17.8 Å². The lowest BCUT2D eigenvalue weighted by Gasteiger charge is -2.49. The van der Waals surface area contributed by atoms with Gasteiger partial charge in [0.25, 0.3) is 0 Å². The molecular weight excluding hydrogens is 712 g/mol. The molecule has 0 aromatic rings. The van der Waals surface area contributed by atoms with Gasteiger partial charge in [-0.15, -0.1) is 0 Å². The number of hydrogen-bond acceptors (Lipinski definition) is 14. The molecule has 3 fully saturated rings. The summed E-state index contributed by atoms with van der Waals surface area (Å²) in [7, 11) is 5.35. The summed E-state index contributed by atoms with van der Waals surface area (Å²) in [5, 5.41) is 58.7. The minimum Gasteiger partial charge on any atom is -0.459 e. The average Bonchev–Trinajstić information content (AvgIpc) is 3.11. The Balaban J connectivity index is 2.17. The lowest BCUT2D eigenvalue weighted by atomic mass is 9.77. The molecule has 0 amide bonds. The van der Waals surface area contributed by atoms with E-state index in [0.717, 1.165) is 19.4 Å². The second-order valence-corrected chi connectivity index (χ2v) is 18.0. The Labute approximate surface area is 331 Å². The van der Waals surface area contributed by atoms with Crippen molar-refractivity contribution in [1.82, 2.24) is 9.80 Å². The molecule has 14 heteroatoms. The Bertz CT molecular complexity index is 1190. The smallest absolute Gasteiger partial charge is 0.311 e. The van der Waals surface area contributed by atoms with E-state index >= 15 is 0 Å².